The SMILES string of the molecule is COc1cccc(C(=O)O)c1OC(C)c1cnccn1. The minimum absolute atomic E-state index is 0.0418. The van der Waals surface area contributed by atoms with Crippen LogP contribution < -0.4 is 9.47 Å². The highest BCUT2D eigenvalue weighted by Crippen LogP contribution is 2.34. The van der Waals surface area contributed by atoms with Crippen LogP contribution in [-0.2, 0) is 0 Å². The molecule has 0 saturated carbocycles. The molecule has 1 unspecified atom stereocenters. The lowest BCUT2D eigenvalue weighted by molar-refractivity contribution is 0.0688. The Morgan fingerprint density at radius 3 is 2.75 bits per heavy atom. The average Bonchev–Trinajstić information content (AvgIpc) is 2.48. The summed E-state index contributed by atoms with van der Waals surface area (Å²) < 4.78 is 10.9. The Kier molecular flexibility index (Phi) is 4.14. The quantitative estimate of drug-likeness (QED) is 0.901. The van der Waals surface area contributed by atoms with E-state index in [4.69, 9.17) is 9.47 Å². The van der Waals surface area contributed by atoms with E-state index in [1.165, 1.54) is 13.2 Å². The number of carboxylic acid groups (broad SMARTS) is 1. The molecule has 6 nitrogen and oxygen atoms in total. The van der Waals surface area contributed by atoms with Crippen LogP contribution in [0.3, 0.4) is 0 Å². The van der Waals surface area contributed by atoms with Gasteiger partial charge in [-0.3, -0.25) is 9.97 Å². The molecule has 1 aromatic heterocycles. The summed E-state index contributed by atoms with van der Waals surface area (Å²) in [6.45, 7) is 1.77. The van der Waals surface area contributed by atoms with Crippen molar-refractivity contribution in [3.63, 3.8) is 0 Å². The van der Waals surface area contributed by atoms with Gasteiger partial charge < -0.3 is 14.6 Å². The molecule has 0 aliphatic heterocycles. The summed E-state index contributed by atoms with van der Waals surface area (Å²) in [5, 5.41) is 9.21. The first-order valence-electron chi connectivity index (χ1n) is 5.96. The van der Waals surface area contributed by atoms with Gasteiger partial charge in [0, 0.05) is 12.4 Å². The molecular formula is C14H14N2O4. The van der Waals surface area contributed by atoms with Crippen molar-refractivity contribution >= 4 is 5.97 Å². The van der Waals surface area contributed by atoms with Crippen LogP contribution in [0.2, 0.25) is 0 Å². The fraction of sp³-hybridized carbons (Fsp3) is 0.214. The maximum Gasteiger partial charge on any atom is 0.339 e. The number of carbonyl (C=O) groups is 1. The second-order valence-electron chi connectivity index (χ2n) is 4.03. The molecule has 0 fully saturated rings. The maximum atomic E-state index is 11.2. The molecule has 1 atom stereocenters. The van der Waals surface area contributed by atoms with Gasteiger partial charge in [-0.2, -0.15) is 0 Å². The first-order chi connectivity index (χ1) is 9.63. The molecule has 0 bridgehead atoms. The molecule has 104 valence electrons. The van der Waals surface area contributed by atoms with E-state index in [2.05, 4.69) is 9.97 Å². The lowest BCUT2D eigenvalue weighted by Crippen LogP contribution is -2.10. The van der Waals surface area contributed by atoms with Gasteiger partial charge >= 0.3 is 5.97 Å². The Hall–Kier alpha value is -2.63. The van der Waals surface area contributed by atoms with E-state index >= 15 is 0 Å². The summed E-state index contributed by atoms with van der Waals surface area (Å²) in [4.78, 5) is 19.3. The van der Waals surface area contributed by atoms with Gasteiger partial charge in [0.2, 0.25) is 0 Å². The smallest absolute Gasteiger partial charge is 0.339 e. The van der Waals surface area contributed by atoms with Crippen LogP contribution in [0.1, 0.15) is 29.1 Å². The average molecular weight is 274 g/mol. The Labute approximate surface area is 116 Å². The number of hydrogen-bond donors (Lipinski definition) is 1. The highest BCUT2D eigenvalue weighted by atomic mass is 16.5. The molecule has 0 radical (unpaired) electrons. The minimum atomic E-state index is -1.08. The van der Waals surface area contributed by atoms with Crippen LogP contribution >= 0.6 is 0 Å². The molecule has 2 aromatic rings. The zero-order valence-corrected chi connectivity index (χ0v) is 11.1. The second-order valence-corrected chi connectivity index (χ2v) is 4.03. The molecule has 6 heteroatoms. The monoisotopic (exact) mass is 274 g/mol. The molecule has 1 heterocycles. The third-order valence-corrected chi connectivity index (χ3v) is 2.72. The van der Waals surface area contributed by atoms with Crippen LogP contribution in [0.4, 0.5) is 0 Å². The van der Waals surface area contributed by atoms with Gasteiger partial charge in [0.25, 0.3) is 0 Å². The first kappa shape index (κ1) is 13.8. The molecule has 2 rings (SSSR count). The second kappa shape index (κ2) is 6.01. The number of nitrogens with zero attached hydrogens (tertiary/aromatic N) is 2. The van der Waals surface area contributed by atoms with Crippen molar-refractivity contribution < 1.29 is 19.4 Å². The molecule has 0 spiro atoms. The van der Waals surface area contributed by atoms with Crippen molar-refractivity contribution in [3.05, 3.63) is 48.0 Å². The largest absolute Gasteiger partial charge is 0.493 e. The number of carboxylic acids is 1. The zero-order valence-electron chi connectivity index (χ0n) is 11.1. The van der Waals surface area contributed by atoms with E-state index in [0.29, 0.717) is 11.4 Å². The Balaban J connectivity index is 2.35. The molecule has 0 amide bonds. The van der Waals surface area contributed by atoms with Crippen molar-refractivity contribution in [3.8, 4) is 11.5 Å². The topological polar surface area (TPSA) is 81.5 Å². The van der Waals surface area contributed by atoms with Crippen molar-refractivity contribution in [2.24, 2.45) is 0 Å². The van der Waals surface area contributed by atoms with E-state index in [-0.39, 0.29) is 11.3 Å². The molecular weight excluding hydrogens is 260 g/mol. The van der Waals surface area contributed by atoms with Crippen LogP contribution in [0.15, 0.2) is 36.8 Å². The number of rotatable bonds is 5. The number of para-hydroxylation sites is 1. The third kappa shape index (κ3) is 2.85. The van der Waals surface area contributed by atoms with Gasteiger partial charge in [-0.15, -0.1) is 0 Å². The predicted molar refractivity (Wildman–Crippen MR) is 71.0 cm³/mol. The highest BCUT2D eigenvalue weighted by molar-refractivity contribution is 5.92. The number of hydrogen-bond acceptors (Lipinski definition) is 5. The number of aromatic nitrogens is 2. The number of benzene rings is 1. The first-order valence-corrected chi connectivity index (χ1v) is 5.96. The van der Waals surface area contributed by atoms with Crippen molar-refractivity contribution in [2.45, 2.75) is 13.0 Å². The van der Waals surface area contributed by atoms with Gasteiger partial charge in [-0.25, -0.2) is 4.79 Å². The lowest BCUT2D eigenvalue weighted by Gasteiger charge is -2.17. The van der Waals surface area contributed by atoms with Crippen LogP contribution in [0.5, 0.6) is 11.5 Å². The predicted octanol–water partition coefficient (Wildman–Crippen LogP) is 2.32. The minimum Gasteiger partial charge on any atom is -0.493 e. The molecule has 0 saturated heterocycles. The number of ether oxygens (including phenoxy) is 2. The summed E-state index contributed by atoms with van der Waals surface area (Å²) in [5.74, 6) is -0.536. The van der Waals surface area contributed by atoms with Gasteiger partial charge in [0.15, 0.2) is 11.5 Å². The van der Waals surface area contributed by atoms with E-state index < -0.39 is 12.1 Å². The van der Waals surface area contributed by atoms with Crippen LogP contribution in [0.25, 0.3) is 0 Å². The summed E-state index contributed by atoms with van der Waals surface area (Å²) in [6, 6.07) is 4.71. The van der Waals surface area contributed by atoms with E-state index in [9.17, 15) is 9.90 Å². The molecule has 20 heavy (non-hydrogen) atoms. The zero-order chi connectivity index (χ0) is 14.5. The fourth-order valence-corrected chi connectivity index (χ4v) is 1.72. The fourth-order valence-electron chi connectivity index (χ4n) is 1.72. The maximum absolute atomic E-state index is 11.2. The van der Waals surface area contributed by atoms with Crippen molar-refractivity contribution in [2.75, 3.05) is 7.11 Å². The summed E-state index contributed by atoms with van der Waals surface area (Å²) in [5.41, 5.74) is 0.648. The van der Waals surface area contributed by atoms with Crippen LogP contribution in [0, 0.1) is 0 Å². The summed E-state index contributed by atoms with van der Waals surface area (Å²) in [6.07, 6.45) is 4.23. The van der Waals surface area contributed by atoms with Gasteiger partial charge in [0.05, 0.1) is 19.0 Å². The molecule has 0 aliphatic carbocycles. The normalized spacial score (nSPS) is 11.7. The third-order valence-electron chi connectivity index (χ3n) is 2.72. The molecule has 1 N–H and O–H groups in total. The van der Waals surface area contributed by atoms with E-state index in [0.717, 1.165) is 0 Å². The van der Waals surface area contributed by atoms with Gasteiger partial charge in [-0.1, -0.05) is 6.07 Å². The molecule has 0 aliphatic rings. The van der Waals surface area contributed by atoms with E-state index in [1.807, 2.05) is 0 Å². The highest BCUT2D eigenvalue weighted by Gasteiger charge is 2.19. The van der Waals surface area contributed by atoms with Gasteiger partial charge in [0.1, 0.15) is 11.7 Å². The molecule has 1 aromatic carbocycles. The Morgan fingerprint density at radius 1 is 1.35 bits per heavy atom. The lowest BCUT2D eigenvalue weighted by atomic mass is 10.2. The van der Waals surface area contributed by atoms with Crippen molar-refractivity contribution in [1.82, 2.24) is 9.97 Å². The Morgan fingerprint density at radius 2 is 2.15 bits per heavy atom. The Bertz CT molecular complexity index is 601. The number of aromatic carboxylic acids is 1. The summed E-state index contributed by atoms with van der Waals surface area (Å²) >= 11 is 0. The van der Waals surface area contributed by atoms with E-state index in [1.54, 1.807) is 37.6 Å². The summed E-state index contributed by atoms with van der Waals surface area (Å²) in [7, 11) is 1.46. The number of methoxy groups -OCH3 is 1. The van der Waals surface area contributed by atoms with Gasteiger partial charge in [-0.05, 0) is 19.1 Å². The standard InChI is InChI=1S/C14H14N2O4/c1-9(11-8-15-6-7-16-11)20-13-10(14(17)18)4-3-5-12(13)19-2/h3-9H,1-2H3,(H,17,18). The van der Waals surface area contributed by atoms with Crippen molar-refractivity contribution in [1.29, 1.82) is 0 Å². The van der Waals surface area contributed by atoms with Crippen LogP contribution in [-0.4, -0.2) is 28.2 Å².